The predicted octanol–water partition coefficient (Wildman–Crippen LogP) is 15.5. The van der Waals surface area contributed by atoms with Crippen LogP contribution in [-0.4, -0.2) is 79.1 Å². The van der Waals surface area contributed by atoms with Crippen molar-refractivity contribution >= 4 is 33.0 Å². The lowest BCUT2D eigenvalue weighted by molar-refractivity contribution is -0.150. The summed E-state index contributed by atoms with van der Waals surface area (Å²) in [6.07, 6.45) is 37.0. The van der Waals surface area contributed by atoms with E-state index < -0.39 is 0 Å². The fourth-order valence-electron chi connectivity index (χ4n) is 8.42. The highest BCUT2D eigenvalue weighted by Crippen LogP contribution is 2.23. The smallest absolute Gasteiger partial charge is 0.306 e. The van der Waals surface area contributed by atoms with Crippen molar-refractivity contribution in [3.05, 3.63) is 35.4 Å². The van der Waals surface area contributed by atoms with Gasteiger partial charge in [0.05, 0.1) is 17.7 Å². The lowest BCUT2D eigenvalue weighted by Crippen LogP contribution is -2.39. The van der Waals surface area contributed by atoms with Gasteiger partial charge in [-0.25, -0.2) is 0 Å². The van der Waals surface area contributed by atoms with Crippen LogP contribution in [0.1, 0.15) is 267 Å². The molecule has 0 aliphatic carbocycles. The SMILES string of the molecule is CC.CCCCCCCCCOC(=O)CCCCCCCN(CCCCCCCC(=O)OC(CCCCCCCC)CCCCCCCC)CCN1C(=O)c2ccccc2C1=O.CP. The maximum atomic E-state index is 13.0. The van der Waals surface area contributed by atoms with Crippen LogP contribution in [-0.2, 0) is 19.1 Å². The van der Waals surface area contributed by atoms with Crippen molar-refractivity contribution in [1.82, 2.24) is 9.80 Å². The number of esters is 2. The number of fused-ring (bicyclic) bond motifs is 1. The van der Waals surface area contributed by atoms with Crippen molar-refractivity contribution in [2.24, 2.45) is 0 Å². The van der Waals surface area contributed by atoms with Gasteiger partial charge >= 0.3 is 11.9 Å². The van der Waals surface area contributed by atoms with E-state index in [1.54, 1.807) is 12.1 Å². The molecule has 9 heteroatoms. The van der Waals surface area contributed by atoms with Gasteiger partial charge in [-0.15, -0.1) is 9.24 Å². The van der Waals surface area contributed by atoms with Crippen molar-refractivity contribution in [2.45, 2.75) is 253 Å². The highest BCUT2D eigenvalue weighted by molar-refractivity contribution is 7.15. The van der Waals surface area contributed by atoms with Crippen LogP contribution in [0.5, 0.6) is 0 Å². The summed E-state index contributed by atoms with van der Waals surface area (Å²) in [7, 11) is 2.42. The van der Waals surface area contributed by atoms with Crippen LogP contribution in [0.2, 0.25) is 0 Å². The molecule has 1 atom stereocenters. The Balaban J connectivity index is 0.00000963. The van der Waals surface area contributed by atoms with Crippen LogP contribution in [0.4, 0.5) is 0 Å². The molecule has 64 heavy (non-hydrogen) atoms. The number of rotatable bonds is 42. The summed E-state index contributed by atoms with van der Waals surface area (Å²) < 4.78 is 11.5. The monoisotopic (exact) mass is 917 g/mol. The second-order valence-corrected chi connectivity index (χ2v) is 17.8. The number of hydrogen-bond acceptors (Lipinski definition) is 7. The van der Waals surface area contributed by atoms with Crippen molar-refractivity contribution in [3.8, 4) is 0 Å². The summed E-state index contributed by atoms with van der Waals surface area (Å²) in [6.45, 7) is 16.1. The Morgan fingerprint density at radius 3 is 1.34 bits per heavy atom. The molecule has 0 spiro atoms. The zero-order valence-corrected chi connectivity index (χ0v) is 43.8. The van der Waals surface area contributed by atoms with E-state index in [9.17, 15) is 19.2 Å². The van der Waals surface area contributed by atoms with Gasteiger partial charge in [0.2, 0.25) is 0 Å². The average molecular weight is 917 g/mol. The fourth-order valence-corrected chi connectivity index (χ4v) is 8.42. The number of nitrogens with zero attached hydrogens (tertiary/aromatic N) is 2. The number of unbranched alkanes of at least 4 members (excludes halogenated alkanes) is 24. The molecule has 1 heterocycles. The standard InChI is InChI=1S/C52H90N2O6.C2H6.CH5P/c1-4-7-10-13-16-25-34-45-59-49(55)39-28-21-17-23-32-41-53(43-44-54-51(57)47-37-30-31-38-48(47)52(54)58)42-33-24-18-22-29-40-50(56)60-46(35-26-19-14-11-8-5-2)36-27-20-15-12-9-6-3;2*1-2/h30-31,37-38,46H,4-29,32-36,39-45H2,1-3H3;1-2H3;2H2,1H3. The molecule has 372 valence electrons. The van der Waals surface area contributed by atoms with Crippen molar-refractivity contribution in [3.63, 3.8) is 0 Å². The minimum atomic E-state index is -0.189. The van der Waals surface area contributed by atoms with Gasteiger partial charge in [0.15, 0.2) is 0 Å². The van der Waals surface area contributed by atoms with Gasteiger partial charge < -0.3 is 14.4 Å². The second-order valence-electron chi connectivity index (χ2n) is 17.8. The quantitative estimate of drug-likeness (QED) is 0.0279. The third kappa shape index (κ3) is 32.4. The lowest BCUT2D eigenvalue weighted by atomic mass is 10.0. The van der Waals surface area contributed by atoms with Gasteiger partial charge in [-0.1, -0.05) is 195 Å². The zero-order valence-electron chi connectivity index (χ0n) is 42.7. The van der Waals surface area contributed by atoms with Gasteiger partial charge in [0, 0.05) is 25.9 Å². The number of ether oxygens (including phenoxy) is 2. The van der Waals surface area contributed by atoms with Gasteiger partial charge in [0.25, 0.3) is 11.8 Å². The Morgan fingerprint density at radius 2 is 0.891 bits per heavy atom. The van der Waals surface area contributed by atoms with E-state index in [0.29, 0.717) is 43.7 Å². The first kappa shape index (κ1) is 61.7. The fraction of sp³-hybridized carbons (Fsp3) is 0.818. The third-order valence-electron chi connectivity index (χ3n) is 12.3. The molecule has 0 bridgehead atoms. The molecular formula is C55H101N2O6P. The maximum absolute atomic E-state index is 13.0. The molecule has 2 rings (SSSR count). The summed E-state index contributed by atoms with van der Waals surface area (Å²) in [6, 6.07) is 7.12. The van der Waals surface area contributed by atoms with E-state index in [0.717, 1.165) is 116 Å². The minimum Gasteiger partial charge on any atom is -0.466 e. The maximum Gasteiger partial charge on any atom is 0.306 e. The molecule has 1 unspecified atom stereocenters. The molecular weight excluding hydrogens is 816 g/mol. The number of amides is 2. The number of hydrogen-bond donors (Lipinski definition) is 0. The topological polar surface area (TPSA) is 93.2 Å². The number of carbonyl (C=O) groups excluding carboxylic acids is 4. The van der Waals surface area contributed by atoms with E-state index >= 15 is 0 Å². The lowest BCUT2D eigenvalue weighted by Gasteiger charge is -2.25. The second kappa shape index (κ2) is 45.8. The molecule has 0 saturated heterocycles. The van der Waals surface area contributed by atoms with Crippen molar-refractivity contribution in [1.29, 1.82) is 0 Å². The first-order valence-electron chi connectivity index (χ1n) is 27.0. The Hall–Kier alpha value is -2.31. The normalized spacial score (nSPS) is 12.0. The minimum absolute atomic E-state index is 0.0185. The summed E-state index contributed by atoms with van der Waals surface area (Å²) in [5.74, 6) is -0.459. The summed E-state index contributed by atoms with van der Waals surface area (Å²) >= 11 is 0. The first-order chi connectivity index (χ1) is 31.4. The molecule has 8 nitrogen and oxygen atoms in total. The summed E-state index contributed by atoms with van der Waals surface area (Å²) in [4.78, 5) is 54.9. The van der Waals surface area contributed by atoms with E-state index in [-0.39, 0.29) is 29.9 Å². The van der Waals surface area contributed by atoms with Crippen LogP contribution >= 0.6 is 9.24 Å². The van der Waals surface area contributed by atoms with Crippen LogP contribution < -0.4 is 0 Å². The Bertz CT molecular complexity index is 1210. The molecule has 0 N–H and O–H groups in total. The first-order valence-corrected chi connectivity index (χ1v) is 28.2. The van der Waals surface area contributed by atoms with Crippen LogP contribution in [0.15, 0.2) is 24.3 Å². The Kier molecular flexibility index (Phi) is 44.2. The van der Waals surface area contributed by atoms with Crippen LogP contribution in [0.25, 0.3) is 0 Å². The van der Waals surface area contributed by atoms with Crippen LogP contribution in [0, 0.1) is 0 Å². The molecule has 1 aliphatic heterocycles. The third-order valence-corrected chi connectivity index (χ3v) is 12.3. The molecule has 1 aromatic rings. The van der Waals surface area contributed by atoms with E-state index in [1.165, 1.54) is 101 Å². The molecule has 0 saturated carbocycles. The van der Waals surface area contributed by atoms with E-state index in [2.05, 4.69) is 34.9 Å². The van der Waals surface area contributed by atoms with Crippen molar-refractivity contribution in [2.75, 3.05) is 39.5 Å². The number of carbonyl (C=O) groups is 4. The predicted molar refractivity (Wildman–Crippen MR) is 275 cm³/mol. The molecule has 0 fully saturated rings. The van der Waals surface area contributed by atoms with Gasteiger partial charge in [-0.3, -0.25) is 24.1 Å². The zero-order chi connectivity index (χ0) is 47.3. The summed E-state index contributed by atoms with van der Waals surface area (Å²) in [5.41, 5.74) is 1.01. The van der Waals surface area contributed by atoms with E-state index in [1.807, 2.05) is 32.6 Å². The number of benzene rings is 1. The van der Waals surface area contributed by atoms with Gasteiger partial charge in [-0.05, 0) is 83.0 Å². The van der Waals surface area contributed by atoms with Crippen LogP contribution in [0.3, 0.4) is 0 Å². The van der Waals surface area contributed by atoms with E-state index in [4.69, 9.17) is 9.47 Å². The molecule has 0 aromatic heterocycles. The average Bonchev–Trinajstić information content (AvgIpc) is 3.56. The Labute approximate surface area is 397 Å². The van der Waals surface area contributed by atoms with Crippen molar-refractivity contribution < 1.29 is 28.7 Å². The molecule has 2 amide bonds. The molecule has 0 radical (unpaired) electrons. The highest BCUT2D eigenvalue weighted by Gasteiger charge is 2.34. The van der Waals surface area contributed by atoms with Gasteiger partial charge in [-0.2, -0.15) is 0 Å². The Morgan fingerprint density at radius 1 is 0.516 bits per heavy atom. The largest absolute Gasteiger partial charge is 0.466 e. The highest BCUT2D eigenvalue weighted by atomic mass is 31.0. The molecule has 1 aromatic carbocycles. The molecule has 1 aliphatic rings. The van der Waals surface area contributed by atoms with Gasteiger partial charge in [0.1, 0.15) is 6.10 Å². The summed E-state index contributed by atoms with van der Waals surface area (Å²) in [5, 5.41) is 0. The number of imide groups is 1.